The zero-order valence-electron chi connectivity index (χ0n) is 12.7. The molecule has 1 N–H and O–H groups in total. The maximum Gasteiger partial charge on any atom is 0.0221 e. The molecule has 0 radical (unpaired) electrons. The van der Waals surface area contributed by atoms with Crippen LogP contribution in [0.2, 0.25) is 0 Å². The van der Waals surface area contributed by atoms with Crippen LogP contribution in [-0.4, -0.2) is 36.1 Å². The minimum atomic E-state index is 0.694. The molecule has 3 atom stereocenters. The molecule has 0 amide bonds. The summed E-state index contributed by atoms with van der Waals surface area (Å²) in [6.07, 6.45) is 2.57. The summed E-state index contributed by atoms with van der Waals surface area (Å²) in [4.78, 5) is 2.74. The fraction of sp³-hybridized carbons (Fsp3) is 1.00. The minimum absolute atomic E-state index is 0.694. The van der Waals surface area contributed by atoms with Crippen LogP contribution in [0.25, 0.3) is 0 Å². The van der Waals surface area contributed by atoms with Crippen LogP contribution in [0.4, 0.5) is 0 Å². The topological polar surface area (TPSA) is 15.3 Å². The van der Waals surface area contributed by atoms with Gasteiger partial charge in [-0.1, -0.05) is 34.6 Å². The first-order chi connectivity index (χ1) is 7.95. The Morgan fingerprint density at radius 3 is 2.29 bits per heavy atom. The Hall–Kier alpha value is -0.0800. The molecule has 0 saturated carbocycles. The van der Waals surface area contributed by atoms with Crippen molar-refractivity contribution in [3.05, 3.63) is 0 Å². The molecule has 17 heavy (non-hydrogen) atoms. The normalized spacial score (nSPS) is 28.9. The van der Waals surface area contributed by atoms with Gasteiger partial charge in [-0.15, -0.1) is 0 Å². The predicted molar refractivity (Wildman–Crippen MR) is 76.3 cm³/mol. The van der Waals surface area contributed by atoms with E-state index in [-0.39, 0.29) is 0 Å². The van der Waals surface area contributed by atoms with Gasteiger partial charge >= 0.3 is 0 Å². The second-order valence-electron chi connectivity index (χ2n) is 6.48. The highest BCUT2D eigenvalue weighted by atomic mass is 15.3. The van der Waals surface area contributed by atoms with Crippen molar-refractivity contribution in [3.63, 3.8) is 0 Å². The molecule has 1 heterocycles. The third kappa shape index (κ3) is 4.26. The molecule has 0 aliphatic carbocycles. The Kier molecular flexibility index (Phi) is 5.94. The Bertz CT molecular complexity index is 211. The molecular formula is C15H32N2. The molecular weight excluding hydrogens is 208 g/mol. The summed E-state index contributed by atoms with van der Waals surface area (Å²) in [5.74, 6) is 1.55. The van der Waals surface area contributed by atoms with E-state index in [1.807, 2.05) is 0 Å². The van der Waals surface area contributed by atoms with Crippen molar-refractivity contribution >= 4 is 0 Å². The second-order valence-corrected chi connectivity index (χ2v) is 6.48. The summed E-state index contributed by atoms with van der Waals surface area (Å²) in [5.41, 5.74) is 0. The van der Waals surface area contributed by atoms with Crippen LogP contribution >= 0.6 is 0 Å². The van der Waals surface area contributed by atoms with Crippen LogP contribution in [0.15, 0.2) is 0 Å². The summed E-state index contributed by atoms with van der Waals surface area (Å²) >= 11 is 0. The van der Waals surface area contributed by atoms with Crippen LogP contribution in [0, 0.1) is 11.8 Å². The van der Waals surface area contributed by atoms with Crippen LogP contribution < -0.4 is 5.32 Å². The van der Waals surface area contributed by atoms with Gasteiger partial charge in [-0.05, 0) is 31.6 Å². The average Bonchev–Trinajstić information content (AvgIpc) is 2.27. The molecule has 0 aromatic heterocycles. The van der Waals surface area contributed by atoms with Gasteiger partial charge < -0.3 is 5.32 Å². The Morgan fingerprint density at radius 1 is 1.18 bits per heavy atom. The number of nitrogens with zero attached hydrogens (tertiary/aromatic N) is 1. The van der Waals surface area contributed by atoms with Crippen LogP contribution in [-0.2, 0) is 0 Å². The number of hydrogen-bond acceptors (Lipinski definition) is 2. The van der Waals surface area contributed by atoms with E-state index in [4.69, 9.17) is 0 Å². The maximum absolute atomic E-state index is 3.73. The van der Waals surface area contributed by atoms with Crippen molar-refractivity contribution in [1.29, 1.82) is 0 Å². The zero-order valence-corrected chi connectivity index (χ0v) is 12.7. The van der Waals surface area contributed by atoms with Crippen molar-refractivity contribution in [1.82, 2.24) is 10.2 Å². The molecule has 1 fully saturated rings. The first-order valence-corrected chi connectivity index (χ1v) is 7.44. The maximum atomic E-state index is 3.73. The summed E-state index contributed by atoms with van der Waals surface area (Å²) < 4.78 is 0. The van der Waals surface area contributed by atoms with E-state index in [0.29, 0.717) is 12.1 Å². The molecule has 2 heteroatoms. The number of rotatable bonds is 5. The molecule has 2 nitrogen and oxygen atoms in total. The van der Waals surface area contributed by atoms with E-state index in [9.17, 15) is 0 Å². The lowest BCUT2D eigenvalue weighted by atomic mass is 9.95. The van der Waals surface area contributed by atoms with Gasteiger partial charge in [-0.3, -0.25) is 4.90 Å². The monoisotopic (exact) mass is 240 g/mol. The zero-order chi connectivity index (χ0) is 13.0. The molecule has 1 aliphatic heterocycles. The Labute approximate surface area is 108 Å². The third-order valence-electron chi connectivity index (χ3n) is 4.26. The van der Waals surface area contributed by atoms with E-state index in [0.717, 1.165) is 17.9 Å². The average molecular weight is 240 g/mol. The van der Waals surface area contributed by atoms with Gasteiger partial charge in [0.05, 0.1) is 0 Å². The van der Waals surface area contributed by atoms with E-state index in [1.165, 1.54) is 25.9 Å². The lowest BCUT2D eigenvalue weighted by molar-refractivity contribution is 0.0604. The summed E-state index contributed by atoms with van der Waals surface area (Å²) in [6, 6.07) is 2.13. The number of nitrogens with one attached hydrogen (secondary N) is 1. The van der Waals surface area contributed by atoms with Crippen molar-refractivity contribution in [3.8, 4) is 0 Å². The van der Waals surface area contributed by atoms with Gasteiger partial charge in [0.15, 0.2) is 0 Å². The molecule has 1 aliphatic rings. The van der Waals surface area contributed by atoms with Crippen molar-refractivity contribution in [2.24, 2.45) is 11.8 Å². The van der Waals surface area contributed by atoms with Gasteiger partial charge in [-0.25, -0.2) is 0 Å². The highest BCUT2D eigenvalue weighted by molar-refractivity contribution is 4.89. The molecule has 102 valence electrons. The van der Waals surface area contributed by atoms with Gasteiger partial charge in [0.2, 0.25) is 0 Å². The van der Waals surface area contributed by atoms with Gasteiger partial charge in [0, 0.05) is 31.2 Å². The van der Waals surface area contributed by atoms with Crippen LogP contribution in [0.3, 0.4) is 0 Å². The molecule has 0 bridgehead atoms. The SMILES string of the molecule is CCC1CNC(CC(C)C)CN1C(C)C(C)C. The van der Waals surface area contributed by atoms with Gasteiger partial charge in [0.25, 0.3) is 0 Å². The number of piperazine rings is 1. The van der Waals surface area contributed by atoms with Gasteiger partial charge in [-0.2, -0.15) is 0 Å². The minimum Gasteiger partial charge on any atom is -0.311 e. The van der Waals surface area contributed by atoms with Crippen molar-refractivity contribution in [2.75, 3.05) is 13.1 Å². The predicted octanol–water partition coefficient (Wildman–Crippen LogP) is 3.13. The molecule has 3 unspecified atom stereocenters. The first kappa shape index (κ1) is 15.0. The largest absolute Gasteiger partial charge is 0.311 e. The fourth-order valence-corrected chi connectivity index (χ4v) is 2.88. The van der Waals surface area contributed by atoms with Crippen LogP contribution in [0.5, 0.6) is 0 Å². The van der Waals surface area contributed by atoms with E-state index >= 15 is 0 Å². The standard InChI is InChI=1S/C15H32N2/c1-7-15-9-16-14(8-11(2)3)10-17(15)13(6)12(4)5/h11-16H,7-10H2,1-6H3. The quantitative estimate of drug-likeness (QED) is 0.794. The fourth-order valence-electron chi connectivity index (χ4n) is 2.88. The molecule has 1 rings (SSSR count). The summed E-state index contributed by atoms with van der Waals surface area (Å²) in [5, 5.41) is 3.73. The second kappa shape index (κ2) is 6.75. The molecule has 0 aromatic carbocycles. The van der Waals surface area contributed by atoms with Crippen molar-refractivity contribution < 1.29 is 0 Å². The van der Waals surface area contributed by atoms with Crippen LogP contribution in [0.1, 0.15) is 54.4 Å². The molecule has 0 spiro atoms. The van der Waals surface area contributed by atoms with E-state index in [2.05, 4.69) is 51.8 Å². The summed E-state index contributed by atoms with van der Waals surface area (Å²) in [6.45, 7) is 16.4. The lowest BCUT2D eigenvalue weighted by Gasteiger charge is -2.45. The smallest absolute Gasteiger partial charge is 0.0221 e. The highest BCUT2D eigenvalue weighted by Crippen LogP contribution is 2.21. The van der Waals surface area contributed by atoms with Crippen molar-refractivity contribution in [2.45, 2.75) is 72.5 Å². The lowest BCUT2D eigenvalue weighted by Crippen LogP contribution is -2.59. The Morgan fingerprint density at radius 2 is 1.82 bits per heavy atom. The Balaban J connectivity index is 2.61. The third-order valence-corrected chi connectivity index (χ3v) is 4.26. The van der Waals surface area contributed by atoms with Gasteiger partial charge in [0.1, 0.15) is 0 Å². The van der Waals surface area contributed by atoms with E-state index in [1.54, 1.807) is 0 Å². The van der Waals surface area contributed by atoms with E-state index < -0.39 is 0 Å². The number of hydrogen-bond donors (Lipinski definition) is 1. The first-order valence-electron chi connectivity index (χ1n) is 7.44. The molecule has 1 saturated heterocycles. The highest BCUT2D eigenvalue weighted by Gasteiger charge is 2.31. The summed E-state index contributed by atoms with van der Waals surface area (Å²) in [7, 11) is 0. The molecule has 0 aromatic rings.